The molecule has 1 aromatic rings. The number of urea groups is 1. The van der Waals surface area contributed by atoms with Crippen LogP contribution < -0.4 is 21.7 Å². The van der Waals surface area contributed by atoms with Gasteiger partial charge in [-0.15, -0.1) is 0 Å². The molecule has 24 heavy (non-hydrogen) atoms. The first-order valence-electron chi connectivity index (χ1n) is 8.32. The van der Waals surface area contributed by atoms with Gasteiger partial charge in [-0.05, 0) is 58.1 Å². The lowest BCUT2D eigenvalue weighted by Crippen LogP contribution is -2.58. The number of anilines is 1. The van der Waals surface area contributed by atoms with Crippen LogP contribution >= 0.6 is 0 Å². The van der Waals surface area contributed by atoms with E-state index in [4.69, 9.17) is 5.73 Å². The van der Waals surface area contributed by atoms with Gasteiger partial charge in [0, 0.05) is 17.8 Å². The minimum atomic E-state index is -0.390. The standard InChI is InChI=1S/C17H28N6O/c1-12-6-4-7-14(10-12)21-17(24)22-16-20-13(2)11-15(23(16)3)19-9-5-8-18/h4,6-7,10,15-16,19H,5,8-9,11,18H2,1-3H3,(H2,21,22,24). The zero-order valence-electron chi connectivity index (χ0n) is 14.7. The molecule has 0 aliphatic carbocycles. The van der Waals surface area contributed by atoms with Crippen molar-refractivity contribution in [3.8, 4) is 0 Å². The van der Waals surface area contributed by atoms with E-state index < -0.39 is 0 Å². The van der Waals surface area contributed by atoms with Crippen LogP contribution in [-0.4, -0.2) is 49.2 Å². The molecule has 0 radical (unpaired) electrons. The number of nitrogens with one attached hydrogen (secondary N) is 3. The summed E-state index contributed by atoms with van der Waals surface area (Å²) in [6.07, 6.45) is 1.50. The van der Waals surface area contributed by atoms with E-state index >= 15 is 0 Å². The van der Waals surface area contributed by atoms with E-state index in [1.165, 1.54) is 0 Å². The Morgan fingerprint density at radius 3 is 2.92 bits per heavy atom. The Hall–Kier alpha value is -1.96. The number of nitrogens with two attached hydrogens (primary N) is 1. The molecule has 1 aliphatic rings. The quantitative estimate of drug-likeness (QED) is 0.593. The van der Waals surface area contributed by atoms with Crippen molar-refractivity contribution in [1.82, 2.24) is 15.5 Å². The monoisotopic (exact) mass is 332 g/mol. The van der Waals surface area contributed by atoms with Crippen molar-refractivity contribution in [3.05, 3.63) is 29.8 Å². The molecule has 1 heterocycles. The first-order chi connectivity index (χ1) is 11.5. The van der Waals surface area contributed by atoms with Crippen molar-refractivity contribution >= 4 is 17.4 Å². The summed E-state index contributed by atoms with van der Waals surface area (Å²) in [4.78, 5) is 18.8. The van der Waals surface area contributed by atoms with Crippen LogP contribution in [0.2, 0.25) is 0 Å². The molecule has 1 aliphatic heterocycles. The van der Waals surface area contributed by atoms with E-state index in [9.17, 15) is 4.79 Å². The number of nitrogens with zero attached hydrogens (tertiary/aromatic N) is 2. The maximum atomic E-state index is 12.3. The van der Waals surface area contributed by atoms with Crippen molar-refractivity contribution in [2.75, 3.05) is 25.5 Å². The van der Waals surface area contributed by atoms with Crippen LogP contribution in [0.1, 0.15) is 25.3 Å². The number of hydrogen-bond acceptors (Lipinski definition) is 5. The molecule has 0 saturated carbocycles. The highest BCUT2D eigenvalue weighted by Crippen LogP contribution is 2.13. The molecule has 132 valence electrons. The highest BCUT2D eigenvalue weighted by molar-refractivity contribution is 5.90. The fourth-order valence-corrected chi connectivity index (χ4v) is 2.68. The van der Waals surface area contributed by atoms with Gasteiger partial charge in [0.25, 0.3) is 0 Å². The summed E-state index contributed by atoms with van der Waals surface area (Å²) in [5.74, 6) is 0. The van der Waals surface area contributed by atoms with E-state index in [-0.39, 0.29) is 18.5 Å². The number of hydrogen-bond donors (Lipinski definition) is 4. The third-order valence-electron chi connectivity index (χ3n) is 4.01. The zero-order valence-corrected chi connectivity index (χ0v) is 14.7. The van der Waals surface area contributed by atoms with Gasteiger partial charge >= 0.3 is 6.03 Å². The molecule has 7 nitrogen and oxygen atoms in total. The maximum Gasteiger partial charge on any atom is 0.321 e. The molecule has 2 atom stereocenters. The van der Waals surface area contributed by atoms with Crippen LogP contribution in [0.25, 0.3) is 0 Å². The lowest BCUT2D eigenvalue weighted by Gasteiger charge is -2.37. The molecule has 0 fully saturated rings. The van der Waals surface area contributed by atoms with E-state index in [0.29, 0.717) is 6.54 Å². The largest absolute Gasteiger partial charge is 0.330 e. The van der Waals surface area contributed by atoms with Crippen molar-refractivity contribution in [1.29, 1.82) is 0 Å². The van der Waals surface area contributed by atoms with E-state index in [2.05, 4.69) is 20.9 Å². The van der Waals surface area contributed by atoms with Crippen molar-refractivity contribution in [3.63, 3.8) is 0 Å². The zero-order chi connectivity index (χ0) is 17.5. The van der Waals surface area contributed by atoms with Gasteiger partial charge in [0.15, 0.2) is 6.29 Å². The first kappa shape index (κ1) is 18.4. The number of rotatable bonds is 6. The SMILES string of the molecule is CC1=NC(NC(=O)Nc2cccc(C)c2)N(C)C(NCCCN)C1. The highest BCUT2D eigenvalue weighted by Gasteiger charge is 2.28. The molecular formula is C17H28N6O. The fraction of sp³-hybridized carbons (Fsp3) is 0.529. The molecule has 0 saturated heterocycles. The number of carbonyl (C=O) groups excluding carboxylic acids is 1. The summed E-state index contributed by atoms with van der Waals surface area (Å²) in [6.45, 7) is 5.49. The topological polar surface area (TPSA) is 94.8 Å². The Balaban J connectivity index is 1.94. The van der Waals surface area contributed by atoms with Crippen LogP contribution in [0.5, 0.6) is 0 Å². The number of amides is 2. The van der Waals surface area contributed by atoms with Crippen LogP contribution in [0.4, 0.5) is 10.5 Å². The Morgan fingerprint density at radius 1 is 1.42 bits per heavy atom. The molecule has 2 amide bonds. The minimum absolute atomic E-state index is 0.137. The maximum absolute atomic E-state index is 12.3. The third kappa shape index (κ3) is 5.30. The smallest absolute Gasteiger partial charge is 0.321 e. The second-order valence-electron chi connectivity index (χ2n) is 6.19. The summed E-state index contributed by atoms with van der Waals surface area (Å²) >= 11 is 0. The van der Waals surface area contributed by atoms with Gasteiger partial charge in [0.1, 0.15) is 0 Å². The summed E-state index contributed by atoms with van der Waals surface area (Å²) in [5.41, 5.74) is 8.42. The number of aliphatic imine (C=N–C) groups is 1. The Morgan fingerprint density at radius 2 is 2.21 bits per heavy atom. The molecule has 2 rings (SSSR count). The van der Waals surface area contributed by atoms with Gasteiger partial charge < -0.3 is 21.7 Å². The normalized spacial score (nSPS) is 21.2. The van der Waals surface area contributed by atoms with Crippen LogP contribution in [-0.2, 0) is 0 Å². The van der Waals surface area contributed by atoms with E-state index in [1.54, 1.807) is 0 Å². The number of aryl methyl sites for hydroxylation is 1. The predicted octanol–water partition coefficient (Wildman–Crippen LogP) is 1.46. The molecule has 0 aromatic heterocycles. The summed E-state index contributed by atoms with van der Waals surface area (Å²) in [6, 6.07) is 7.43. The Bertz CT molecular complexity index is 588. The second-order valence-corrected chi connectivity index (χ2v) is 6.19. The minimum Gasteiger partial charge on any atom is -0.330 e. The van der Waals surface area contributed by atoms with Crippen LogP contribution in [0.3, 0.4) is 0 Å². The van der Waals surface area contributed by atoms with E-state index in [0.717, 1.165) is 36.3 Å². The van der Waals surface area contributed by atoms with Gasteiger partial charge in [-0.3, -0.25) is 9.89 Å². The summed E-state index contributed by atoms with van der Waals surface area (Å²) in [5, 5.41) is 9.22. The molecule has 7 heteroatoms. The van der Waals surface area contributed by atoms with Gasteiger partial charge in [0.2, 0.25) is 0 Å². The highest BCUT2D eigenvalue weighted by atomic mass is 16.2. The van der Waals surface area contributed by atoms with E-state index in [1.807, 2.05) is 50.1 Å². The van der Waals surface area contributed by atoms with Crippen molar-refractivity contribution in [2.45, 2.75) is 39.1 Å². The average molecular weight is 332 g/mol. The summed E-state index contributed by atoms with van der Waals surface area (Å²) < 4.78 is 0. The first-order valence-corrected chi connectivity index (χ1v) is 8.32. The van der Waals surface area contributed by atoms with Crippen LogP contribution in [0, 0.1) is 6.92 Å². The van der Waals surface area contributed by atoms with Crippen molar-refractivity contribution in [2.24, 2.45) is 10.7 Å². The third-order valence-corrected chi connectivity index (χ3v) is 4.01. The molecule has 5 N–H and O–H groups in total. The Labute approximate surface area is 143 Å². The molecular weight excluding hydrogens is 304 g/mol. The lowest BCUT2D eigenvalue weighted by molar-refractivity contribution is 0.124. The van der Waals surface area contributed by atoms with Gasteiger partial charge in [-0.1, -0.05) is 12.1 Å². The predicted molar refractivity (Wildman–Crippen MR) is 98.1 cm³/mol. The fourth-order valence-electron chi connectivity index (χ4n) is 2.68. The Kier molecular flexibility index (Phi) is 6.72. The number of carbonyl (C=O) groups is 1. The molecule has 2 unspecified atom stereocenters. The van der Waals surface area contributed by atoms with Gasteiger partial charge in [-0.2, -0.15) is 0 Å². The lowest BCUT2D eigenvalue weighted by atomic mass is 10.2. The summed E-state index contributed by atoms with van der Waals surface area (Å²) in [7, 11) is 1.95. The second kappa shape index (κ2) is 8.77. The van der Waals surface area contributed by atoms with Gasteiger partial charge in [-0.25, -0.2) is 4.79 Å². The molecule has 0 bridgehead atoms. The van der Waals surface area contributed by atoms with Gasteiger partial charge in [0.05, 0.1) is 6.17 Å². The molecule has 0 spiro atoms. The van der Waals surface area contributed by atoms with Crippen LogP contribution in [0.15, 0.2) is 29.3 Å². The number of benzene rings is 1. The molecule has 1 aromatic carbocycles. The average Bonchev–Trinajstić information content (AvgIpc) is 2.51. The van der Waals surface area contributed by atoms with Crippen molar-refractivity contribution < 1.29 is 4.79 Å².